The molecule has 0 bridgehead atoms. The number of aryl methyl sites for hydroxylation is 1. The van der Waals surface area contributed by atoms with Gasteiger partial charge in [0.1, 0.15) is 6.04 Å². The second-order valence-corrected chi connectivity index (χ2v) is 9.55. The molecule has 0 aliphatic carbocycles. The summed E-state index contributed by atoms with van der Waals surface area (Å²) in [4.78, 5) is 12.9. The van der Waals surface area contributed by atoms with Gasteiger partial charge in [-0.2, -0.15) is 16.5 Å². The fraction of sp³-hybridized carbons (Fsp3) is 0.611. The lowest BCUT2D eigenvalue weighted by Crippen LogP contribution is -2.55. The van der Waals surface area contributed by atoms with Gasteiger partial charge in [-0.15, -0.1) is 0 Å². The average molecular weight is 400 g/mol. The molecule has 1 aromatic rings. The second kappa shape index (κ2) is 9.73. The first-order valence-corrected chi connectivity index (χ1v) is 11.8. The molecule has 0 aromatic heterocycles. The summed E-state index contributed by atoms with van der Waals surface area (Å²) in [5.41, 5.74) is 0.986. The van der Waals surface area contributed by atoms with Crippen LogP contribution in [-0.4, -0.2) is 51.5 Å². The van der Waals surface area contributed by atoms with Gasteiger partial charge in [0.05, 0.1) is 4.90 Å². The zero-order valence-corrected chi connectivity index (χ0v) is 17.3. The third kappa shape index (κ3) is 5.97. The highest BCUT2D eigenvalue weighted by molar-refractivity contribution is 7.98. The number of sulfonamides is 1. The number of thioether (sulfide) groups is 1. The molecule has 146 valence electrons. The van der Waals surface area contributed by atoms with E-state index in [0.29, 0.717) is 24.6 Å². The Hall–Kier alpha value is -1.09. The fourth-order valence-corrected chi connectivity index (χ4v) is 4.62. The maximum absolute atomic E-state index is 12.8. The van der Waals surface area contributed by atoms with Gasteiger partial charge in [0.2, 0.25) is 15.9 Å². The summed E-state index contributed by atoms with van der Waals surface area (Å²) in [5, 5.41) is 6.30. The van der Waals surface area contributed by atoms with E-state index in [-0.39, 0.29) is 16.8 Å². The molecule has 1 saturated heterocycles. The van der Waals surface area contributed by atoms with Gasteiger partial charge in [0.25, 0.3) is 0 Å². The predicted octanol–water partition coefficient (Wildman–Crippen LogP) is 1.51. The molecule has 0 radical (unpaired) electrons. The van der Waals surface area contributed by atoms with Crippen LogP contribution in [0, 0.1) is 12.8 Å². The van der Waals surface area contributed by atoms with Crippen molar-refractivity contribution in [1.82, 2.24) is 15.4 Å². The van der Waals surface area contributed by atoms with Crippen LogP contribution >= 0.6 is 11.8 Å². The minimum absolute atomic E-state index is 0.0249. The van der Waals surface area contributed by atoms with Gasteiger partial charge in [0, 0.05) is 12.6 Å². The first-order chi connectivity index (χ1) is 12.3. The van der Waals surface area contributed by atoms with Crippen LogP contribution in [0.25, 0.3) is 0 Å². The summed E-state index contributed by atoms with van der Waals surface area (Å²) < 4.78 is 27.9. The Bertz CT molecular complexity index is 692. The third-order valence-corrected chi connectivity index (χ3v) is 6.84. The van der Waals surface area contributed by atoms with E-state index in [9.17, 15) is 13.2 Å². The minimum Gasteiger partial charge on any atom is -0.350 e. The number of carbonyl (C=O) groups excluding carboxylic acids is 1. The Kier molecular flexibility index (Phi) is 7.94. The van der Waals surface area contributed by atoms with E-state index in [1.807, 2.05) is 13.2 Å². The Morgan fingerprint density at radius 1 is 1.35 bits per heavy atom. The molecular formula is C18H29N3O3S2. The lowest BCUT2D eigenvalue weighted by atomic mass is 9.94. The molecule has 3 unspecified atom stereocenters. The summed E-state index contributed by atoms with van der Waals surface area (Å²) >= 11 is 1.59. The normalized spacial score (nSPS) is 22.0. The van der Waals surface area contributed by atoms with Crippen molar-refractivity contribution in [1.29, 1.82) is 0 Å². The van der Waals surface area contributed by atoms with E-state index in [1.54, 1.807) is 36.0 Å². The molecular weight excluding hydrogens is 370 g/mol. The smallest absolute Gasteiger partial charge is 0.241 e. The molecule has 1 heterocycles. The largest absolute Gasteiger partial charge is 0.350 e. The SMILES string of the molecule is CSCCC(NS(=O)(=O)c1ccc(C)cc1)C(=O)NC1CNCCC1C. The van der Waals surface area contributed by atoms with Gasteiger partial charge in [-0.1, -0.05) is 24.6 Å². The number of piperidine rings is 1. The molecule has 3 atom stereocenters. The minimum atomic E-state index is -3.74. The van der Waals surface area contributed by atoms with Crippen LogP contribution in [0.2, 0.25) is 0 Å². The van der Waals surface area contributed by atoms with E-state index in [0.717, 1.165) is 18.5 Å². The maximum Gasteiger partial charge on any atom is 0.241 e. The van der Waals surface area contributed by atoms with E-state index < -0.39 is 16.1 Å². The van der Waals surface area contributed by atoms with Crippen molar-refractivity contribution >= 4 is 27.7 Å². The van der Waals surface area contributed by atoms with Crippen molar-refractivity contribution < 1.29 is 13.2 Å². The highest BCUT2D eigenvalue weighted by atomic mass is 32.2. The summed E-state index contributed by atoms with van der Waals surface area (Å²) in [5.74, 6) is 0.817. The molecule has 8 heteroatoms. The average Bonchev–Trinajstić information content (AvgIpc) is 2.60. The highest BCUT2D eigenvalue weighted by Gasteiger charge is 2.29. The number of amides is 1. The van der Waals surface area contributed by atoms with Crippen molar-refractivity contribution in [3.63, 3.8) is 0 Å². The number of benzene rings is 1. The first kappa shape index (κ1) is 21.2. The zero-order chi connectivity index (χ0) is 19.2. The van der Waals surface area contributed by atoms with Crippen molar-refractivity contribution in [2.75, 3.05) is 25.1 Å². The molecule has 6 nitrogen and oxygen atoms in total. The summed E-state index contributed by atoms with van der Waals surface area (Å²) in [7, 11) is -3.74. The van der Waals surface area contributed by atoms with Crippen molar-refractivity contribution in [2.24, 2.45) is 5.92 Å². The van der Waals surface area contributed by atoms with Gasteiger partial charge in [0.15, 0.2) is 0 Å². The molecule has 1 aliphatic rings. The molecule has 2 rings (SSSR count). The fourth-order valence-electron chi connectivity index (χ4n) is 2.92. The van der Waals surface area contributed by atoms with Gasteiger partial charge >= 0.3 is 0 Å². The van der Waals surface area contributed by atoms with Crippen LogP contribution in [0.1, 0.15) is 25.3 Å². The topological polar surface area (TPSA) is 87.3 Å². The third-order valence-electron chi connectivity index (χ3n) is 4.71. The summed E-state index contributed by atoms with van der Waals surface area (Å²) in [6.45, 7) is 5.67. The number of hydrogen-bond acceptors (Lipinski definition) is 5. The van der Waals surface area contributed by atoms with Crippen LogP contribution in [0.15, 0.2) is 29.2 Å². The van der Waals surface area contributed by atoms with E-state index in [4.69, 9.17) is 0 Å². The number of rotatable bonds is 8. The monoisotopic (exact) mass is 399 g/mol. The molecule has 0 saturated carbocycles. The van der Waals surface area contributed by atoms with Crippen LogP contribution < -0.4 is 15.4 Å². The molecule has 1 fully saturated rings. The Labute approximate surface area is 160 Å². The number of carbonyl (C=O) groups is 1. The Morgan fingerprint density at radius 2 is 2.04 bits per heavy atom. The lowest BCUT2D eigenvalue weighted by molar-refractivity contribution is -0.123. The lowest BCUT2D eigenvalue weighted by Gasteiger charge is -2.31. The Balaban J connectivity index is 2.10. The van der Waals surface area contributed by atoms with Gasteiger partial charge in [-0.05, 0) is 56.4 Å². The van der Waals surface area contributed by atoms with Crippen molar-refractivity contribution in [3.8, 4) is 0 Å². The predicted molar refractivity (Wildman–Crippen MR) is 107 cm³/mol. The standard InChI is InChI=1S/C18H29N3O3S2/c1-13-4-6-15(7-5-13)26(23,24)21-16(9-11-25-3)18(22)20-17-12-19-10-8-14(17)2/h4-7,14,16-17,19,21H,8-12H2,1-3H3,(H,20,22). The van der Waals surface area contributed by atoms with Crippen molar-refractivity contribution in [2.45, 2.75) is 43.7 Å². The van der Waals surface area contributed by atoms with Gasteiger partial charge in [-0.25, -0.2) is 8.42 Å². The zero-order valence-electron chi connectivity index (χ0n) is 15.6. The van der Waals surface area contributed by atoms with E-state index in [2.05, 4.69) is 22.3 Å². The van der Waals surface area contributed by atoms with E-state index in [1.165, 1.54) is 0 Å². The van der Waals surface area contributed by atoms with Crippen molar-refractivity contribution in [3.05, 3.63) is 29.8 Å². The molecule has 1 aliphatic heterocycles. The quantitative estimate of drug-likeness (QED) is 0.617. The van der Waals surface area contributed by atoms with Crippen LogP contribution in [0.3, 0.4) is 0 Å². The van der Waals surface area contributed by atoms with Crippen LogP contribution in [0.4, 0.5) is 0 Å². The molecule has 26 heavy (non-hydrogen) atoms. The maximum atomic E-state index is 12.8. The summed E-state index contributed by atoms with van der Waals surface area (Å²) in [6, 6.07) is 5.88. The molecule has 0 spiro atoms. The summed E-state index contributed by atoms with van der Waals surface area (Å²) in [6.07, 6.45) is 3.39. The molecule has 3 N–H and O–H groups in total. The molecule has 1 amide bonds. The number of hydrogen-bond donors (Lipinski definition) is 3. The molecule has 1 aromatic carbocycles. The van der Waals surface area contributed by atoms with Crippen LogP contribution in [-0.2, 0) is 14.8 Å². The number of nitrogens with one attached hydrogen (secondary N) is 3. The second-order valence-electron chi connectivity index (χ2n) is 6.85. The van der Waals surface area contributed by atoms with E-state index >= 15 is 0 Å². The first-order valence-electron chi connectivity index (χ1n) is 8.92. The van der Waals surface area contributed by atoms with Gasteiger partial charge in [-0.3, -0.25) is 4.79 Å². The Morgan fingerprint density at radius 3 is 2.65 bits per heavy atom. The van der Waals surface area contributed by atoms with Gasteiger partial charge < -0.3 is 10.6 Å². The highest BCUT2D eigenvalue weighted by Crippen LogP contribution is 2.14. The van der Waals surface area contributed by atoms with Crippen LogP contribution in [0.5, 0.6) is 0 Å².